The van der Waals surface area contributed by atoms with Crippen molar-refractivity contribution in [2.75, 3.05) is 5.32 Å². The second-order valence-corrected chi connectivity index (χ2v) is 2.47. The highest BCUT2D eigenvalue weighted by atomic mass is 16.4. The molecule has 0 saturated heterocycles. The Morgan fingerprint density at radius 1 is 1.40 bits per heavy atom. The molecule has 0 spiro atoms. The Morgan fingerprint density at radius 2 is 2.07 bits per heavy atom. The van der Waals surface area contributed by atoms with Gasteiger partial charge < -0.3 is 10.4 Å². The quantitative estimate of drug-likeness (QED) is 0.439. The van der Waals surface area contributed by atoms with Crippen molar-refractivity contribution in [3.63, 3.8) is 0 Å². The van der Waals surface area contributed by atoms with E-state index in [0.717, 1.165) is 0 Å². The van der Waals surface area contributed by atoms with Crippen molar-refractivity contribution < 1.29 is 14.7 Å². The van der Waals surface area contributed by atoms with Gasteiger partial charge >= 0.3 is 12.0 Å². The molecule has 0 aromatic heterocycles. The number of nitrogens with one attached hydrogen (secondary N) is 1. The number of anilines is 1. The number of aromatic carboxylic acids is 1. The summed E-state index contributed by atoms with van der Waals surface area (Å²) in [5.74, 6) is -1.17. The summed E-state index contributed by atoms with van der Waals surface area (Å²) in [6.07, 6.45) is 0. The van der Waals surface area contributed by atoms with Crippen LogP contribution in [0.1, 0.15) is 10.4 Å². The van der Waals surface area contributed by atoms with Crippen molar-refractivity contribution in [3.05, 3.63) is 40.3 Å². The fourth-order valence-corrected chi connectivity index (χ4v) is 0.959. The van der Waals surface area contributed by atoms with E-state index < -0.39 is 12.0 Å². The molecule has 0 unspecified atom stereocenters. The van der Waals surface area contributed by atoms with Crippen molar-refractivity contribution in [1.29, 1.82) is 0 Å². The molecule has 7 nitrogen and oxygen atoms in total. The van der Waals surface area contributed by atoms with Gasteiger partial charge in [0.25, 0.3) is 0 Å². The largest absolute Gasteiger partial charge is 0.478 e. The summed E-state index contributed by atoms with van der Waals surface area (Å²) in [6.45, 7) is 0. The highest BCUT2D eigenvalue weighted by Crippen LogP contribution is 2.14. The topological polar surface area (TPSA) is 115 Å². The molecule has 1 aromatic rings. The molecule has 0 aliphatic rings. The minimum atomic E-state index is -1.17. The number of para-hydroxylation sites is 1. The third kappa shape index (κ3) is 2.71. The number of urea groups is 1. The van der Waals surface area contributed by atoms with E-state index >= 15 is 0 Å². The van der Waals surface area contributed by atoms with E-state index in [9.17, 15) is 9.59 Å². The van der Waals surface area contributed by atoms with Gasteiger partial charge in [-0.15, -0.1) is 0 Å². The van der Waals surface area contributed by atoms with E-state index in [2.05, 4.69) is 15.3 Å². The Hall–Kier alpha value is -2.53. The van der Waals surface area contributed by atoms with E-state index in [1.165, 1.54) is 18.2 Å². The van der Waals surface area contributed by atoms with Crippen LogP contribution in [0.2, 0.25) is 0 Å². The van der Waals surface area contributed by atoms with Crippen LogP contribution in [0, 0.1) is 0 Å². The first-order valence-electron chi connectivity index (χ1n) is 3.83. The van der Waals surface area contributed by atoms with Crippen LogP contribution in [0.15, 0.2) is 29.4 Å². The SMILES string of the molecule is [N-]=[N+]=NC(=O)Nc1ccccc1C(=O)O. The molecule has 0 aliphatic heterocycles. The first-order chi connectivity index (χ1) is 7.15. The van der Waals surface area contributed by atoms with Gasteiger partial charge in [-0.3, -0.25) is 4.79 Å². The van der Waals surface area contributed by atoms with Gasteiger partial charge in [0.15, 0.2) is 0 Å². The van der Waals surface area contributed by atoms with Gasteiger partial charge in [-0.25, -0.2) is 4.79 Å². The number of carbonyl (C=O) groups excluding carboxylic acids is 1. The summed E-state index contributed by atoms with van der Waals surface area (Å²) in [7, 11) is 0. The predicted octanol–water partition coefficient (Wildman–Crippen LogP) is 2.23. The summed E-state index contributed by atoms with van der Waals surface area (Å²) in [5.41, 5.74) is 7.99. The molecule has 15 heavy (non-hydrogen) atoms. The highest BCUT2D eigenvalue weighted by molar-refractivity contribution is 6.00. The Labute approximate surface area is 84.0 Å². The molecule has 0 atom stereocenters. The van der Waals surface area contributed by atoms with Crippen LogP contribution in [0.5, 0.6) is 0 Å². The third-order valence-corrected chi connectivity index (χ3v) is 1.53. The minimum absolute atomic E-state index is 0.0704. The first kappa shape index (κ1) is 10.6. The predicted molar refractivity (Wildman–Crippen MR) is 51.6 cm³/mol. The summed E-state index contributed by atoms with van der Waals surface area (Å²) in [6, 6.07) is 4.85. The fraction of sp³-hybridized carbons (Fsp3) is 0. The van der Waals surface area contributed by atoms with Gasteiger partial charge in [-0.1, -0.05) is 12.1 Å². The Bertz CT molecular complexity index is 451. The number of azide groups is 1. The zero-order valence-corrected chi connectivity index (χ0v) is 7.41. The van der Waals surface area contributed by atoms with E-state index in [0.29, 0.717) is 0 Å². The highest BCUT2D eigenvalue weighted by Gasteiger charge is 2.10. The number of hydrogen-bond acceptors (Lipinski definition) is 2. The minimum Gasteiger partial charge on any atom is -0.478 e. The lowest BCUT2D eigenvalue weighted by Gasteiger charge is -2.04. The van der Waals surface area contributed by atoms with Gasteiger partial charge in [-0.2, -0.15) is 0 Å². The van der Waals surface area contributed by atoms with Crippen molar-refractivity contribution in [1.82, 2.24) is 0 Å². The number of rotatable bonds is 2. The average molecular weight is 206 g/mol. The maximum Gasteiger partial charge on any atom is 0.337 e. The zero-order valence-electron chi connectivity index (χ0n) is 7.41. The van der Waals surface area contributed by atoms with E-state index in [1.807, 2.05) is 0 Å². The Balaban J connectivity index is 2.99. The molecule has 1 rings (SSSR count). The molecule has 2 N–H and O–H groups in total. The summed E-state index contributed by atoms with van der Waals surface area (Å²) < 4.78 is 0. The summed E-state index contributed by atoms with van der Waals surface area (Å²) >= 11 is 0. The maximum absolute atomic E-state index is 10.9. The molecular formula is C8H6N4O3. The molecule has 0 aliphatic carbocycles. The monoisotopic (exact) mass is 206 g/mol. The van der Waals surface area contributed by atoms with Gasteiger partial charge in [0.2, 0.25) is 0 Å². The molecule has 76 valence electrons. The van der Waals surface area contributed by atoms with E-state index in [4.69, 9.17) is 10.6 Å². The lowest BCUT2D eigenvalue weighted by atomic mass is 10.2. The zero-order chi connectivity index (χ0) is 11.3. The number of benzene rings is 1. The number of carboxylic acids is 1. The third-order valence-electron chi connectivity index (χ3n) is 1.53. The standard InChI is InChI=1S/C8H6N4O3/c9-12-11-8(15)10-6-4-2-1-3-5(6)7(13)14/h1-4H,(H,10,15)(H,13,14). The lowest BCUT2D eigenvalue weighted by Crippen LogP contribution is -2.09. The van der Waals surface area contributed by atoms with Crippen molar-refractivity contribution in [2.45, 2.75) is 0 Å². The number of carboxylic acid groups (broad SMARTS) is 1. The van der Waals surface area contributed by atoms with Crippen LogP contribution in [0.25, 0.3) is 10.4 Å². The number of carbonyl (C=O) groups is 2. The molecule has 0 bridgehead atoms. The normalized spacial score (nSPS) is 8.80. The summed E-state index contributed by atoms with van der Waals surface area (Å²) in [4.78, 5) is 23.8. The maximum atomic E-state index is 10.9. The van der Waals surface area contributed by atoms with Crippen LogP contribution >= 0.6 is 0 Å². The molecule has 0 saturated carbocycles. The second-order valence-electron chi connectivity index (χ2n) is 2.47. The number of nitrogens with zero attached hydrogens (tertiary/aromatic N) is 3. The number of amides is 2. The van der Waals surface area contributed by atoms with Gasteiger partial charge in [0.05, 0.1) is 11.3 Å². The Morgan fingerprint density at radius 3 is 2.67 bits per heavy atom. The molecule has 1 aromatic carbocycles. The number of hydrogen-bond donors (Lipinski definition) is 2. The van der Waals surface area contributed by atoms with Crippen molar-refractivity contribution in [3.8, 4) is 0 Å². The van der Waals surface area contributed by atoms with Crippen molar-refractivity contribution >= 4 is 17.7 Å². The first-order valence-corrected chi connectivity index (χ1v) is 3.83. The Kier molecular flexibility index (Phi) is 3.26. The molecule has 0 heterocycles. The van der Waals surface area contributed by atoms with Crippen LogP contribution in [0.3, 0.4) is 0 Å². The van der Waals surface area contributed by atoms with Crippen LogP contribution in [-0.2, 0) is 0 Å². The van der Waals surface area contributed by atoms with Crippen LogP contribution in [0.4, 0.5) is 10.5 Å². The second kappa shape index (κ2) is 4.64. The molecular weight excluding hydrogens is 200 g/mol. The molecule has 7 heteroatoms. The van der Waals surface area contributed by atoms with Crippen LogP contribution in [-0.4, -0.2) is 17.1 Å². The smallest absolute Gasteiger partial charge is 0.337 e. The van der Waals surface area contributed by atoms with Gasteiger partial charge in [0, 0.05) is 10.0 Å². The average Bonchev–Trinajstić information content (AvgIpc) is 2.18. The van der Waals surface area contributed by atoms with E-state index in [1.54, 1.807) is 6.07 Å². The molecule has 0 fully saturated rings. The van der Waals surface area contributed by atoms with Crippen molar-refractivity contribution in [2.24, 2.45) is 5.11 Å². The van der Waals surface area contributed by atoms with Crippen LogP contribution < -0.4 is 5.32 Å². The summed E-state index contributed by atoms with van der Waals surface area (Å²) in [5, 5.41) is 13.7. The van der Waals surface area contributed by atoms with E-state index in [-0.39, 0.29) is 11.3 Å². The molecule has 0 radical (unpaired) electrons. The van der Waals surface area contributed by atoms with Gasteiger partial charge in [-0.05, 0) is 17.7 Å². The lowest BCUT2D eigenvalue weighted by molar-refractivity contribution is 0.0698. The molecule has 2 amide bonds. The van der Waals surface area contributed by atoms with Gasteiger partial charge in [0.1, 0.15) is 0 Å². The fourth-order valence-electron chi connectivity index (χ4n) is 0.959.